The summed E-state index contributed by atoms with van der Waals surface area (Å²) in [6.45, 7) is 2.48. The molecule has 3 rings (SSSR count). The fourth-order valence-electron chi connectivity index (χ4n) is 3.32. The summed E-state index contributed by atoms with van der Waals surface area (Å²) in [5.74, 6) is 0.0524. The van der Waals surface area contributed by atoms with Crippen LogP contribution in [-0.4, -0.2) is 24.2 Å². The van der Waals surface area contributed by atoms with Crippen molar-refractivity contribution in [1.29, 1.82) is 0 Å². The van der Waals surface area contributed by atoms with Crippen LogP contribution in [0.25, 0.3) is 0 Å². The summed E-state index contributed by atoms with van der Waals surface area (Å²) >= 11 is 7.15. The van der Waals surface area contributed by atoms with Crippen molar-refractivity contribution in [3.8, 4) is 5.75 Å². The van der Waals surface area contributed by atoms with Crippen molar-refractivity contribution in [2.24, 2.45) is 0 Å². The zero-order valence-electron chi connectivity index (χ0n) is 15.1. The predicted octanol–water partition coefficient (Wildman–Crippen LogP) is 5.80. The van der Waals surface area contributed by atoms with Crippen LogP contribution in [0.4, 0.5) is 5.69 Å². The van der Waals surface area contributed by atoms with Crippen LogP contribution >= 0.6 is 31.9 Å². The van der Waals surface area contributed by atoms with E-state index in [4.69, 9.17) is 9.84 Å². The second kappa shape index (κ2) is 9.60. The molecule has 1 aliphatic heterocycles. The van der Waals surface area contributed by atoms with Crippen molar-refractivity contribution in [3.05, 3.63) is 56.5 Å². The normalized spacial score (nSPS) is 14.2. The van der Waals surface area contributed by atoms with Gasteiger partial charge in [0.05, 0.1) is 10.2 Å². The van der Waals surface area contributed by atoms with E-state index in [9.17, 15) is 4.79 Å². The third-order valence-corrected chi connectivity index (χ3v) is 5.76. The van der Waals surface area contributed by atoms with Gasteiger partial charge in [-0.3, -0.25) is 4.79 Å². The molecule has 0 bridgehead atoms. The Bertz CT molecular complexity index is 804. The Morgan fingerprint density at radius 3 is 2.56 bits per heavy atom. The lowest BCUT2D eigenvalue weighted by atomic mass is 10.1. The molecule has 0 aromatic heterocycles. The standard InChI is InChI=1S/C21H23Br2NO3/c22-17-6-4-5-16(11-17)14-27-21-18(23)12-15(7-8-20(25)26)13-19(21)24-9-2-1-3-10-24/h4-6,11-13H,1-3,7-10,14H2,(H,25,26). The third kappa shape index (κ3) is 5.72. The van der Waals surface area contributed by atoms with Crippen LogP contribution in [0.2, 0.25) is 0 Å². The summed E-state index contributed by atoms with van der Waals surface area (Å²) < 4.78 is 8.12. The number of piperidine rings is 1. The first-order valence-corrected chi connectivity index (χ1v) is 10.8. The molecule has 144 valence electrons. The first kappa shape index (κ1) is 20.2. The zero-order chi connectivity index (χ0) is 19.2. The quantitative estimate of drug-likeness (QED) is 0.526. The summed E-state index contributed by atoms with van der Waals surface area (Å²) in [4.78, 5) is 13.3. The number of aryl methyl sites for hydroxylation is 1. The maximum absolute atomic E-state index is 10.9. The third-order valence-electron chi connectivity index (χ3n) is 4.68. The highest BCUT2D eigenvalue weighted by molar-refractivity contribution is 9.10. The molecule has 0 saturated carbocycles. The Labute approximate surface area is 176 Å². The number of hydrogen-bond donors (Lipinski definition) is 1. The number of carboxylic acid groups (broad SMARTS) is 1. The van der Waals surface area contributed by atoms with Crippen LogP contribution in [0, 0.1) is 0 Å². The molecular weight excluding hydrogens is 474 g/mol. The summed E-state index contributed by atoms with van der Waals surface area (Å²) in [6, 6.07) is 12.2. The maximum Gasteiger partial charge on any atom is 0.303 e. The molecular formula is C21H23Br2NO3. The van der Waals surface area contributed by atoms with Gasteiger partial charge in [-0.25, -0.2) is 0 Å². The molecule has 2 aromatic carbocycles. The largest absolute Gasteiger partial charge is 0.486 e. The number of anilines is 1. The lowest BCUT2D eigenvalue weighted by Crippen LogP contribution is -2.30. The van der Waals surface area contributed by atoms with Gasteiger partial charge in [-0.15, -0.1) is 0 Å². The van der Waals surface area contributed by atoms with Crippen molar-refractivity contribution in [3.63, 3.8) is 0 Å². The minimum atomic E-state index is -0.777. The molecule has 0 aliphatic carbocycles. The van der Waals surface area contributed by atoms with E-state index in [0.29, 0.717) is 13.0 Å². The molecule has 1 N–H and O–H groups in total. The van der Waals surface area contributed by atoms with Gasteiger partial charge in [-0.2, -0.15) is 0 Å². The first-order valence-electron chi connectivity index (χ1n) is 9.19. The molecule has 6 heteroatoms. The Hall–Kier alpha value is -1.53. The van der Waals surface area contributed by atoms with E-state index in [0.717, 1.165) is 44.6 Å². The minimum absolute atomic E-state index is 0.129. The summed E-state index contributed by atoms with van der Waals surface area (Å²) in [5, 5.41) is 9.00. The second-order valence-electron chi connectivity index (χ2n) is 6.79. The van der Waals surface area contributed by atoms with Gasteiger partial charge >= 0.3 is 5.97 Å². The monoisotopic (exact) mass is 495 g/mol. The number of aliphatic carboxylic acids is 1. The van der Waals surface area contributed by atoms with Crippen LogP contribution in [0.1, 0.15) is 36.8 Å². The molecule has 1 heterocycles. The van der Waals surface area contributed by atoms with Crippen molar-refractivity contribution in [2.75, 3.05) is 18.0 Å². The average molecular weight is 497 g/mol. The number of halogens is 2. The van der Waals surface area contributed by atoms with Gasteiger partial charge in [-0.05, 0) is 77.0 Å². The summed E-state index contributed by atoms with van der Waals surface area (Å²) in [7, 11) is 0. The Balaban J connectivity index is 1.86. The van der Waals surface area contributed by atoms with Crippen molar-refractivity contribution >= 4 is 43.5 Å². The average Bonchev–Trinajstić information content (AvgIpc) is 2.66. The number of carboxylic acids is 1. The molecule has 1 saturated heterocycles. The van der Waals surface area contributed by atoms with E-state index in [1.54, 1.807) is 0 Å². The highest BCUT2D eigenvalue weighted by atomic mass is 79.9. The van der Waals surface area contributed by atoms with Crippen molar-refractivity contribution in [1.82, 2.24) is 0 Å². The topological polar surface area (TPSA) is 49.8 Å². The Morgan fingerprint density at radius 2 is 1.85 bits per heavy atom. The van der Waals surface area contributed by atoms with Crippen molar-refractivity contribution in [2.45, 2.75) is 38.7 Å². The van der Waals surface area contributed by atoms with Gasteiger partial charge in [0, 0.05) is 24.0 Å². The SMILES string of the molecule is O=C(O)CCc1cc(Br)c(OCc2cccc(Br)c2)c(N2CCCCC2)c1. The van der Waals surface area contributed by atoms with Crippen LogP contribution in [-0.2, 0) is 17.8 Å². The molecule has 0 radical (unpaired) electrons. The number of rotatable bonds is 7. The number of carbonyl (C=O) groups is 1. The molecule has 0 unspecified atom stereocenters. The van der Waals surface area contributed by atoms with Crippen LogP contribution in [0.15, 0.2) is 45.3 Å². The maximum atomic E-state index is 10.9. The fourth-order valence-corrected chi connectivity index (χ4v) is 4.38. The smallest absolute Gasteiger partial charge is 0.303 e. The van der Waals surface area contributed by atoms with Gasteiger partial charge in [0.2, 0.25) is 0 Å². The molecule has 0 amide bonds. The van der Waals surface area contributed by atoms with Gasteiger partial charge in [0.25, 0.3) is 0 Å². The van der Waals surface area contributed by atoms with Crippen LogP contribution < -0.4 is 9.64 Å². The van der Waals surface area contributed by atoms with Gasteiger partial charge in [0.15, 0.2) is 5.75 Å². The lowest BCUT2D eigenvalue weighted by molar-refractivity contribution is -0.136. The molecule has 1 aliphatic rings. The summed E-state index contributed by atoms with van der Waals surface area (Å²) in [5.41, 5.74) is 3.16. The van der Waals surface area contributed by atoms with Gasteiger partial charge in [0.1, 0.15) is 6.61 Å². The van der Waals surface area contributed by atoms with E-state index in [1.165, 1.54) is 19.3 Å². The number of benzene rings is 2. The molecule has 4 nitrogen and oxygen atoms in total. The molecule has 1 fully saturated rings. The zero-order valence-corrected chi connectivity index (χ0v) is 18.3. The van der Waals surface area contributed by atoms with E-state index < -0.39 is 5.97 Å². The number of hydrogen-bond acceptors (Lipinski definition) is 3. The fraction of sp³-hybridized carbons (Fsp3) is 0.381. The van der Waals surface area contributed by atoms with E-state index >= 15 is 0 Å². The lowest BCUT2D eigenvalue weighted by Gasteiger charge is -2.31. The number of nitrogens with zero attached hydrogens (tertiary/aromatic N) is 1. The van der Waals surface area contributed by atoms with E-state index in [2.05, 4.69) is 48.9 Å². The summed E-state index contributed by atoms with van der Waals surface area (Å²) in [6.07, 6.45) is 4.24. The van der Waals surface area contributed by atoms with Crippen molar-refractivity contribution < 1.29 is 14.6 Å². The highest BCUT2D eigenvalue weighted by Crippen LogP contribution is 2.39. The molecule has 2 aromatic rings. The Kier molecular flexibility index (Phi) is 7.19. The van der Waals surface area contributed by atoms with Gasteiger partial charge < -0.3 is 14.7 Å². The first-order chi connectivity index (χ1) is 13.0. The Morgan fingerprint density at radius 1 is 1.07 bits per heavy atom. The predicted molar refractivity (Wildman–Crippen MR) is 115 cm³/mol. The number of ether oxygens (including phenoxy) is 1. The molecule has 0 spiro atoms. The van der Waals surface area contributed by atoms with Crippen LogP contribution in [0.5, 0.6) is 5.75 Å². The minimum Gasteiger partial charge on any atom is -0.486 e. The molecule has 0 atom stereocenters. The van der Waals surface area contributed by atoms with E-state index in [-0.39, 0.29) is 6.42 Å². The highest BCUT2D eigenvalue weighted by Gasteiger charge is 2.19. The second-order valence-corrected chi connectivity index (χ2v) is 8.56. The van der Waals surface area contributed by atoms with Gasteiger partial charge in [-0.1, -0.05) is 28.1 Å². The van der Waals surface area contributed by atoms with E-state index in [1.807, 2.05) is 24.3 Å². The van der Waals surface area contributed by atoms with Crippen LogP contribution in [0.3, 0.4) is 0 Å². The molecule has 27 heavy (non-hydrogen) atoms.